The molecule has 0 aliphatic heterocycles. The first-order chi connectivity index (χ1) is 9.90. The van der Waals surface area contributed by atoms with E-state index in [1.165, 1.54) is 32.1 Å². The summed E-state index contributed by atoms with van der Waals surface area (Å²) in [6, 6.07) is 4.34. The smallest absolute Gasteiger partial charge is 0.200 e. The Balaban J connectivity index is 1.96. The van der Waals surface area contributed by atoms with Gasteiger partial charge in [0.05, 0.1) is 6.26 Å². The van der Waals surface area contributed by atoms with Crippen LogP contribution in [-0.2, 0) is 0 Å². The molecule has 0 saturated heterocycles. The fraction of sp³-hybridized carbons (Fsp3) is 0.467. The zero-order valence-electron chi connectivity index (χ0n) is 11.5. The van der Waals surface area contributed by atoms with Crippen molar-refractivity contribution in [2.75, 3.05) is 5.75 Å². The van der Waals surface area contributed by atoms with Crippen LogP contribution in [0.5, 0.6) is 0 Å². The zero-order chi connectivity index (χ0) is 13.8. The van der Waals surface area contributed by atoms with Gasteiger partial charge in [-0.1, -0.05) is 37.1 Å². The minimum Gasteiger partial charge on any atom is -0.461 e. The molecule has 0 atom stereocenters. The lowest BCUT2D eigenvalue weighted by molar-refractivity contribution is 0.337. The molecular formula is C15H19N3OS. The summed E-state index contributed by atoms with van der Waals surface area (Å²) in [5, 5.41) is 9.68. The summed E-state index contributed by atoms with van der Waals surface area (Å²) in [5.41, 5.74) is 0. The second kappa shape index (κ2) is 6.31. The molecule has 0 amide bonds. The first-order valence-corrected chi connectivity index (χ1v) is 8.11. The normalized spacial score (nSPS) is 16.4. The quantitative estimate of drug-likeness (QED) is 0.607. The van der Waals surface area contributed by atoms with Crippen LogP contribution >= 0.6 is 11.8 Å². The predicted molar refractivity (Wildman–Crippen MR) is 80.8 cm³/mol. The number of furan rings is 1. The number of rotatable bonds is 5. The van der Waals surface area contributed by atoms with E-state index in [-0.39, 0.29) is 0 Å². The van der Waals surface area contributed by atoms with Crippen LogP contribution in [0, 0.1) is 0 Å². The predicted octanol–water partition coefficient (Wildman–Crippen LogP) is 4.32. The Bertz CT molecular complexity index is 556. The zero-order valence-corrected chi connectivity index (χ0v) is 12.3. The highest BCUT2D eigenvalue weighted by Gasteiger charge is 2.24. The van der Waals surface area contributed by atoms with E-state index in [0.29, 0.717) is 6.04 Å². The van der Waals surface area contributed by atoms with Crippen molar-refractivity contribution < 1.29 is 4.42 Å². The van der Waals surface area contributed by atoms with Crippen molar-refractivity contribution in [3.63, 3.8) is 0 Å². The number of hydrogen-bond acceptors (Lipinski definition) is 4. The summed E-state index contributed by atoms with van der Waals surface area (Å²) in [7, 11) is 0. The van der Waals surface area contributed by atoms with Gasteiger partial charge in [0.2, 0.25) is 5.82 Å². The second-order valence-electron chi connectivity index (χ2n) is 5.04. The summed E-state index contributed by atoms with van der Waals surface area (Å²) in [6.07, 6.45) is 9.89. The van der Waals surface area contributed by atoms with Crippen LogP contribution in [0.2, 0.25) is 0 Å². The number of aromatic nitrogens is 3. The molecule has 106 valence electrons. The van der Waals surface area contributed by atoms with Crippen LogP contribution in [0.15, 0.2) is 40.6 Å². The van der Waals surface area contributed by atoms with E-state index in [1.54, 1.807) is 18.0 Å². The molecule has 2 aromatic rings. The van der Waals surface area contributed by atoms with E-state index in [2.05, 4.69) is 21.3 Å². The van der Waals surface area contributed by atoms with E-state index in [4.69, 9.17) is 4.42 Å². The number of thioether (sulfide) groups is 1. The van der Waals surface area contributed by atoms with Crippen molar-refractivity contribution in [3.8, 4) is 11.6 Å². The monoisotopic (exact) mass is 289 g/mol. The molecule has 2 aromatic heterocycles. The van der Waals surface area contributed by atoms with Gasteiger partial charge in [-0.3, -0.25) is 4.57 Å². The molecule has 0 N–H and O–H groups in total. The van der Waals surface area contributed by atoms with E-state index in [9.17, 15) is 0 Å². The van der Waals surface area contributed by atoms with E-state index >= 15 is 0 Å². The molecule has 1 aliphatic rings. The van der Waals surface area contributed by atoms with E-state index < -0.39 is 0 Å². The molecule has 0 aromatic carbocycles. The fourth-order valence-electron chi connectivity index (χ4n) is 2.75. The third-order valence-corrected chi connectivity index (χ3v) is 4.62. The van der Waals surface area contributed by atoms with Crippen molar-refractivity contribution in [3.05, 3.63) is 31.1 Å². The molecule has 0 spiro atoms. The van der Waals surface area contributed by atoms with Gasteiger partial charge in [0.1, 0.15) is 0 Å². The summed E-state index contributed by atoms with van der Waals surface area (Å²) in [6.45, 7) is 3.78. The maximum Gasteiger partial charge on any atom is 0.200 e. The average molecular weight is 289 g/mol. The maximum atomic E-state index is 5.52. The first kappa shape index (κ1) is 13.5. The van der Waals surface area contributed by atoms with Crippen LogP contribution < -0.4 is 0 Å². The SMILES string of the molecule is C=CCSc1nnc(-c2ccco2)n1C1CCCCC1. The number of nitrogens with zero attached hydrogens (tertiary/aromatic N) is 3. The Morgan fingerprint density at radius 3 is 2.90 bits per heavy atom. The molecule has 20 heavy (non-hydrogen) atoms. The van der Waals surface area contributed by atoms with Gasteiger partial charge in [-0.15, -0.1) is 16.8 Å². The Kier molecular flexibility index (Phi) is 4.25. The van der Waals surface area contributed by atoms with Gasteiger partial charge in [0.25, 0.3) is 0 Å². The van der Waals surface area contributed by atoms with Crippen molar-refractivity contribution in [2.45, 2.75) is 43.3 Å². The van der Waals surface area contributed by atoms with Crippen molar-refractivity contribution >= 4 is 11.8 Å². The van der Waals surface area contributed by atoms with E-state index in [0.717, 1.165) is 22.5 Å². The van der Waals surface area contributed by atoms with Gasteiger partial charge < -0.3 is 4.42 Å². The Labute approximate surface area is 123 Å². The lowest BCUT2D eigenvalue weighted by Crippen LogP contribution is -2.15. The Morgan fingerprint density at radius 1 is 1.35 bits per heavy atom. The second-order valence-corrected chi connectivity index (χ2v) is 6.03. The largest absolute Gasteiger partial charge is 0.461 e. The minimum absolute atomic E-state index is 0.492. The van der Waals surface area contributed by atoms with Gasteiger partial charge in [-0.05, 0) is 25.0 Å². The van der Waals surface area contributed by atoms with Crippen LogP contribution in [0.3, 0.4) is 0 Å². The molecule has 2 heterocycles. The fourth-order valence-corrected chi connectivity index (χ4v) is 3.49. The average Bonchev–Trinajstić information content (AvgIpc) is 3.15. The highest BCUT2D eigenvalue weighted by atomic mass is 32.2. The molecule has 0 unspecified atom stereocenters. The van der Waals surface area contributed by atoms with Gasteiger partial charge in [-0.25, -0.2) is 0 Å². The topological polar surface area (TPSA) is 43.9 Å². The minimum atomic E-state index is 0.492. The third-order valence-electron chi connectivity index (χ3n) is 3.68. The molecule has 3 rings (SSSR count). The molecule has 4 nitrogen and oxygen atoms in total. The van der Waals surface area contributed by atoms with Crippen LogP contribution in [0.25, 0.3) is 11.6 Å². The molecular weight excluding hydrogens is 270 g/mol. The Hall–Kier alpha value is -1.49. The van der Waals surface area contributed by atoms with Crippen molar-refractivity contribution in [1.29, 1.82) is 0 Å². The highest BCUT2D eigenvalue weighted by Crippen LogP contribution is 2.35. The van der Waals surface area contributed by atoms with Crippen molar-refractivity contribution in [2.24, 2.45) is 0 Å². The highest BCUT2D eigenvalue weighted by molar-refractivity contribution is 7.99. The Morgan fingerprint density at radius 2 is 2.20 bits per heavy atom. The molecule has 1 fully saturated rings. The van der Waals surface area contributed by atoms with Gasteiger partial charge in [0, 0.05) is 11.8 Å². The molecule has 1 aliphatic carbocycles. The van der Waals surface area contributed by atoms with E-state index in [1.807, 2.05) is 18.2 Å². The summed E-state index contributed by atoms with van der Waals surface area (Å²) in [4.78, 5) is 0. The van der Waals surface area contributed by atoms with Gasteiger partial charge >= 0.3 is 0 Å². The summed E-state index contributed by atoms with van der Waals surface area (Å²) >= 11 is 1.69. The summed E-state index contributed by atoms with van der Waals surface area (Å²) < 4.78 is 7.79. The van der Waals surface area contributed by atoms with Crippen LogP contribution in [-0.4, -0.2) is 20.5 Å². The standard InChI is InChI=1S/C15H19N3OS/c1-2-11-20-15-17-16-14(13-9-6-10-19-13)18(15)12-7-4-3-5-8-12/h2,6,9-10,12H,1,3-5,7-8,11H2. The van der Waals surface area contributed by atoms with Gasteiger partial charge in [-0.2, -0.15) is 0 Å². The maximum absolute atomic E-state index is 5.52. The third kappa shape index (κ3) is 2.68. The lowest BCUT2D eigenvalue weighted by atomic mass is 9.95. The molecule has 1 saturated carbocycles. The van der Waals surface area contributed by atoms with Crippen molar-refractivity contribution in [1.82, 2.24) is 14.8 Å². The lowest BCUT2D eigenvalue weighted by Gasteiger charge is -2.25. The van der Waals surface area contributed by atoms with Crippen LogP contribution in [0.1, 0.15) is 38.1 Å². The summed E-state index contributed by atoms with van der Waals surface area (Å²) in [5.74, 6) is 2.50. The number of hydrogen-bond donors (Lipinski definition) is 0. The molecule has 5 heteroatoms. The van der Waals surface area contributed by atoms with Gasteiger partial charge in [0.15, 0.2) is 10.9 Å². The molecule has 0 bridgehead atoms. The van der Waals surface area contributed by atoms with Crippen LogP contribution in [0.4, 0.5) is 0 Å². The first-order valence-electron chi connectivity index (χ1n) is 7.12. The molecule has 0 radical (unpaired) electrons.